The lowest BCUT2D eigenvalue weighted by Gasteiger charge is -2.35. The van der Waals surface area contributed by atoms with Crippen molar-refractivity contribution >= 4 is 11.4 Å². The molecular formula is C22H21F4N5. The summed E-state index contributed by atoms with van der Waals surface area (Å²) < 4.78 is 56.2. The van der Waals surface area contributed by atoms with E-state index in [0.29, 0.717) is 30.9 Å². The smallest absolute Gasteiger partial charge is 0.149 e. The number of pyridine rings is 2. The van der Waals surface area contributed by atoms with E-state index in [2.05, 4.69) is 15.3 Å². The van der Waals surface area contributed by atoms with Crippen molar-refractivity contribution in [3.63, 3.8) is 0 Å². The zero-order valence-corrected chi connectivity index (χ0v) is 16.5. The third kappa shape index (κ3) is 4.46. The van der Waals surface area contributed by atoms with Crippen LogP contribution < -0.4 is 16.0 Å². The van der Waals surface area contributed by atoms with Gasteiger partial charge in [0, 0.05) is 19.3 Å². The first kappa shape index (κ1) is 21.0. The second-order valence-electron chi connectivity index (χ2n) is 7.39. The monoisotopic (exact) mass is 431 g/mol. The maximum absolute atomic E-state index is 14.3. The van der Waals surface area contributed by atoms with Gasteiger partial charge in [-0.2, -0.15) is 0 Å². The summed E-state index contributed by atoms with van der Waals surface area (Å²) in [6, 6.07) is 7.10. The third-order valence-electron chi connectivity index (χ3n) is 5.27. The van der Waals surface area contributed by atoms with E-state index >= 15 is 0 Å². The van der Waals surface area contributed by atoms with Gasteiger partial charge in [0.15, 0.2) is 0 Å². The molecule has 4 rings (SSSR count). The summed E-state index contributed by atoms with van der Waals surface area (Å²) in [5.74, 6) is -2.60. The highest BCUT2D eigenvalue weighted by Gasteiger charge is 2.27. The first-order chi connectivity index (χ1) is 14.9. The Morgan fingerprint density at radius 3 is 2.58 bits per heavy atom. The van der Waals surface area contributed by atoms with Crippen LogP contribution in [0.25, 0.3) is 11.3 Å². The van der Waals surface area contributed by atoms with Crippen LogP contribution in [-0.2, 0) is 6.54 Å². The van der Waals surface area contributed by atoms with E-state index in [1.54, 1.807) is 18.5 Å². The van der Waals surface area contributed by atoms with Gasteiger partial charge < -0.3 is 16.0 Å². The van der Waals surface area contributed by atoms with E-state index in [9.17, 15) is 17.6 Å². The molecule has 2 atom stereocenters. The van der Waals surface area contributed by atoms with Gasteiger partial charge in [-0.1, -0.05) is 6.07 Å². The van der Waals surface area contributed by atoms with E-state index in [0.717, 1.165) is 23.9 Å². The number of nitrogens with zero attached hydrogens (tertiary/aromatic N) is 3. The molecule has 5 nitrogen and oxygen atoms in total. The molecule has 1 aromatic carbocycles. The van der Waals surface area contributed by atoms with Gasteiger partial charge in [0.05, 0.1) is 41.4 Å². The van der Waals surface area contributed by atoms with Crippen molar-refractivity contribution < 1.29 is 17.6 Å². The predicted octanol–water partition coefficient (Wildman–Crippen LogP) is 4.05. The first-order valence-corrected chi connectivity index (χ1v) is 9.86. The minimum absolute atomic E-state index is 0.160. The molecule has 1 fully saturated rings. The molecule has 3 aromatic rings. The molecule has 3 N–H and O–H groups in total. The second-order valence-corrected chi connectivity index (χ2v) is 7.39. The van der Waals surface area contributed by atoms with Crippen LogP contribution in [0.15, 0.2) is 48.8 Å². The molecule has 1 aliphatic heterocycles. The first-order valence-electron chi connectivity index (χ1n) is 9.86. The van der Waals surface area contributed by atoms with Gasteiger partial charge in [0.1, 0.15) is 29.3 Å². The number of piperidine rings is 1. The van der Waals surface area contributed by atoms with Gasteiger partial charge in [0.25, 0.3) is 0 Å². The van der Waals surface area contributed by atoms with Gasteiger partial charge in [-0.05, 0) is 36.8 Å². The van der Waals surface area contributed by atoms with Crippen LogP contribution in [0.3, 0.4) is 0 Å². The van der Waals surface area contributed by atoms with Gasteiger partial charge in [-0.25, -0.2) is 22.5 Å². The van der Waals surface area contributed by atoms with Crippen molar-refractivity contribution in [3.8, 4) is 11.3 Å². The highest BCUT2D eigenvalue weighted by molar-refractivity contribution is 5.69. The zero-order chi connectivity index (χ0) is 22.0. The Balaban J connectivity index is 1.56. The van der Waals surface area contributed by atoms with Crippen LogP contribution in [-0.4, -0.2) is 35.3 Å². The third-order valence-corrected chi connectivity index (χ3v) is 5.27. The van der Waals surface area contributed by atoms with Crippen molar-refractivity contribution in [2.24, 2.45) is 5.73 Å². The Kier molecular flexibility index (Phi) is 6.03. The molecule has 0 aliphatic carbocycles. The van der Waals surface area contributed by atoms with Crippen LogP contribution in [0.4, 0.5) is 28.9 Å². The lowest BCUT2D eigenvalue weighted by Crippen LogP contribution is -2.49. The van der Waals surface area contributed by atoms with Crippen LogP contribution >= 0.6 is 0 Å². The van der Waals surface area contributed by atoms with Gasteiger partial charge in [-0.15, -0.1) is 0 Å². The second kappa shape index (κ2) is 8.89. The zero-order valence-electron chi connectivity index (χ0n) is 16.5. The Morgan fingerprint density at radius 1 is 1.06 bits per heavy atom. The number of hydrogen-bond acceptors (Lipinski definition) is 5. The molecule has 162 valence electrons. The molecule has 0 bridgehead atoms. The summed E-state index contributed by atoms with van der Waals surface area (Å²) in [6.45, 7) is 1.04. The summed E-state index contributed by atoms with van der Waals surface area (Å²) in [7, 11) is 0. The van der Waals surface area contributed by atoms with Crippen LogP contribution in [0.1, 0.15) is 12.1 Å². The maximum Gasteiger partial charge on any atom is 0.149 e. The average molecular weight is 431 g/mol. The van der Waals surface area contributed by atoms with E-state index in [1.807, 2.05) is 4.90 Å². The Morgan fingerprint density at radius 2 is 1.84 bits per heavy atom. The number of benzene rings is 1. The van der Waals surface area contributed by atoms with Crippen molar-refractivity contribution in [1.29, 1.82) is 0 Å². The molecule has 0 spiro atoms. The fourth-order valence-corrected chi connectivity index (χ4v) is 3.64. The number of nitrogens with two attached hydrogens (primary N) is 1. The summed E-state index contributed by atoms with van der Waals surface area (Å²) in [6.07, 6.45) is 2.54. The summed E-state index contributed by atoms with van der Waals surface area (Å²) in [5, 5.41) is 3.17. The van der Waals surface area contributed by atoms with Crippen molar-refractivity contribution in [2.45, 2.75) is 25.2 Å². The van der Waals surface area contributed by atoms with Gasteiger partial charge >= 0.3 is 0 Å². The Labute approximate surface area is 176 Å². The highest BCUT2D eigenvalue weighted by atomic mass is 19.1. The number of hydrogen-bond donors (Lipinski definition) is 2. The lowest BCUT2D eigenvalue weighted by molar-refractivity contribution is 0.244. The van der Waals surface area contributed by atoms with E-state index < -0.39 is 40.9 Å². The summed E-state index contributed by atoms with van der Waals surface area (Å²) in [4.78, 5) is 10.2. The number of anilines is 2. The van der Waals surface area contributed by atoms with E-state index in [4.69, 9.17) is 5.73 Å². The standard InChI is InChI=1S/C22H21F4N5/c23-14-7-9-31(12-18(14)27)20-6-8-28-11-19(20)29-10-13-4-5-17(26)22(30-13)21-15(24)2-1-3-16(21)25/h1-6,8,11,14,18,29H,7,9-10,12,27H2/t14-,18-/m1/s1. The molecule has 0 saturated carbocycles. The Bertz CT molecular complexity index is 1060. The molecule has 1 aliphatic rings. The molecule has 31 heavy (non-hydrogen) atoms. The topological polar surface area (TPSA) is 67.1 Å². The average Bonchev–Trinajstić information content (AvgIpc) is 2.76. The maximum atomic E-state index is 14.3. The molecule has 1 saturated heterocycles. The largest absolute Gasteiger partial charge is 0.376 e. The van der Waals surface area contributed by atoms with Crippen molar-refractivity contribution in [1.82, 2.24) is 9.97 Å². The van der Waals surface area contributed by atoms with Gasteiger partial charge in [-0.3, -0.25) is 4.98 Å². The number of aromatic nitrogens is 2. The highest BCUT2D eigenvalue weighted by Crippen LogP contribution is 2.29. The van der Waals surface area contributed by atoms with Crippen LogP contribution in [0.2, 0.25) is 0 Å². The predicted molar refractivity (Wildman–Crippen MR) is 111 cm³/mol. The molecule has 2 aromatic heterocycles. The number of rotatable bonds is 5. The van der Waals surface area contributed by atoms with E-state index in [1.165, 1.54) is 12.1 Å². The van der Waals surface area contributed by atoms with Crippen molar-refractivity contribution in [2.75, 3.05) is 23.3 Å². The molecular weight excluding hydrogens is 410 g/mol. The molecule has 0 radical (unpaired) electrons. The number of halogens is 4. The van der Waals surface area contributed by atoms with Gasteiger partial charge in [0.2, 0.25) is 0 Å². The lowest BCUT2D eigenvalue weighted by atomic mass is 10.0. The summed E-state index contributed by atoms with van der Waals surface area (Å²) >= 11 is 0. The van der Waals surface area contributed by atoms with Crippen LogP contribution in [0, 0.1) is 17.5 Å². The van der Waals surface area contributed by atoms with E-state index in [-0.39, 0.29) is 6.54 Å². The minimum Gasteiger partial charge on any atom is -0.376 e. The van der Waals surface area contributed by atoms with Crippen molar-refractivity contribution in [3.05, 3.63) is 71.9 Å². The number of alkyl halides is 1. The minimum atomic E-state index is -1.03. The molecule has 3 heterocycles. The Hall–Kier alpha value is -3.20. The fourth-order valence-electron chi connectivity index (χ4n) is 3.64. The summed E-state index contributed by atoms with van der Waals surface area (Å²) in [5.41, 5.74) is 6.82. The molecule has 0 amide bonds. The van der Waals surface area contributed by atoms with Crippen LogP contribution in [0.5, 0.6) is 0 Å². The normalized spacial score (nSPS) is 18.8. The number of nitrogens with one attached hydrogen (secondary N) is 1. The fraction of sp³-hybridized carbons (Fsp3) is 0.273. The molecule has 0 unspecified atom stereocenters. The SMILES string of the molecule is N[C@@H]1CN(c2ccncc2NCc2ccc(F)c(-c3c(F)cccc3F)n2)CC[C@H]1F. The molecule has 9 heteroatoms. The quantitative estimate of drug-likeness (QED) is 0.597.